The Morgan fingerprint density at radius 3 is 2.32 bits per heavy atom. The second kappa shape index (κ2) is 5.58. The van der Waals surface area contributed by atoms with Gasteiger partial charge in [-0.25, -0.2) is 0 Å². The Hall–Kier alpha value is -0.960. The predicted octanol–water partition coefficient (Wildman–Crippen LogP) is 4.52. The van der Waals surface area contributed by atoms with Crippen LogP contribution in [0.2, 0.25) is 10.0 Å². The molecule has 2 nitrogen and oxygen atoms in total. The predicted molar refractivity (Wildman–Crippen MR) is 80.1 cm³/mol. The van der Waals surface area contributed by atoms with Gasteiger partial charge in [0, 0.05) is 17.8 Å². The van der Waals surface area contributed by atoms with Gasteiger partial charge < -0.3 is 10.1 Å². The molecule has 0 amide bonds. The smallest absolute Gasteiger partial charge is 0.0980 e. The van der Waals surface area contributed by atoms with E-state index in [-0.39, 0.29) is 0 Å². The van der Waals surface area contributed by atoms with Crippen molar-refractivity contribution in [3.63, 3.8) is 0 Å². The van der Waals surface area contributed by atoms with Crippen molar-refractivity contribution in [2.24, 2.45) is 0 Å². The quantitative estimate of drug-likeness (QED) is 0.858. The first-order chi connectivity index (χ1) is 8.90. The molecular formula is C15H17Cl2NO. The Morgan fingerprint density at radius 2 is 1.79 bits per heavy atom. The van der Waals surface area contributed by atoms with Crippen LogP contribution in [-0.2, 0) is 6.42 Å². The SMILES string of the molecule is Cc1[nH]c(C(O)Cc2ccc(Cl)c(Cl)c2)c(C)c1C. The van der Waals surface area contributed by atoms with Gasteiger partial charge in [-0.05, 0) is 49.6 Å². The number of benzene rings is 1. The van der Waals surface area contributed by atoms with E-state index in [4.69, 9.17) is 23.2 Å². The van der Waals surface area contributed by atoms with Crippen molar-refractivity contribution < 1.29 is 5.11 Å². The molecule has 1 atom stereocenters. The van der Waals surface area contributed by atoms with E-state index in [2.05, 4.69) is 11.9 Å². The van der Waals surface area contributed by atoms with E-state index in [1.165, 1.54) is 5.56 Å². The first-order valence-electron chi connectivity index (χ1n) is 6.17. The molecule has 0 bridgehead atoms. The molecular weight excluding hydrogens is 281 g/mol. The fourth-order valence-corrected chi connectivity index (χ4v) is 2.52. The van der Waals surface area contributed by atoms with E-state index >= 15 is 0 Å². The first-order valence-corrected chi connectivity index (χ1v) is 6.93. The summed E-state index contributed by atoms with van der Waals surface area (Å²) in [5, 5.41) is 11.4. The third-order valence-corrected chi connectivity index (χ3v) is 4.34. The van der Waals surface area contributed by atoms with Gasteiger partial charge in [-0.3, -0.25) is 0 Å². The number of H-pyrrole nitrogens is 1. The van der Waals surface area contributed by atoms with Crippen LogP contribution in [0.3, 0.4) is 0 Å². The lowest BCUT2D eigenvalue weighted by molar-refractivity contribution is 0.173. The lowest BCUT2D eigenvalue weighted by atomic mass is 10.0. The van der Waals surface area contributed by atoms with Gasteiger partial charge in [0.1, 0.15) is 0 Å². The number of aromatic amines is 1. The summed E-state index contributed by atoms with van der Waals surface area (Å²) in [6, 6.07) is 5.44. The van der Waals surface area contributed by atoms with Crippen molar-refractivity contribution in [1.29, 1.82) is 0 Å². The third kappa shape index (κ3) is 2.97. The highest BCUT2D eigenvalue weighted by atomic mass is 35.5. The lowest BCUT2D eigenvalue weighted by Gasteiger charge is -2.11. The van der Waals surface area contributed by atoms with E-state index in [1.807, 2.05) is 19.9 Å². The lowest BCUT2D eigenvalue weighted by Crippen LogP contribution is -2.04. The molecule has 1 heterocycles. The molecule has 2 N–H and O–H groups in total. The zero-order chi connectivity index (χ0) is 14.2. The van der Waals surface area contributed by atoms with Crippen molar-refractivity contribution in [3.05, 3.63) is 56.3 Å². The monoisotopic (exact) mass is 297 g/mol. The van der Waals surface area contributed by atoms with Gasteiger partial charge in [0.2, 0.25) is 0 Å². The molecule has 0 aliphatic rings. The standard InChI is InChI=1S/C15H17Cl2NO/c1-8-9(2)15(18-10(8)3)14(19)7-11-4-5-12(16)13(17)6-11/h4-6,14,18-19H,7H2,1-3H3. The van der Waals surface area contributed by atoms with Crippen LogP contribution in [0.15, 0.2) is 18.2 Å². The average Bonchev–Trinajstić information content (AvgIpc) is 2.62. The van der Waals surface area contributed by atoms with Gasteiger partial charge in [-0.1, -0.05) is 29.3 Å². The Morgan fingerprint density at radius 1 is 1.11 bits per heavy atom. The van der Waals surface area contributed by atoms with Crippen LogP contribution in [-0.4, -0.2) is 10.1 Å². The van der Waals surface area contributed by atoms with Crippen LogP contribution in [0.4, 0.5) is 0 Å². The summed E-state index contributed by atoms with van der Waals surface area (Å²) >= 11 is 11.9. The number of rotatable bonds is 3. The van der Waals surface area contributed by atoms with Gasteiger partial charge in [-0.2, -0.15) is 0 Å². The van der Waals surface area contributed by atoms with Gasteiger partial charge >= 0.3 is 0 Å². The van der Waals surface area contributed by atoms with E-state index < -0.39 is 6.10 Å². The van der Waals surface area contributed by atoms with E-state index in [0.717, 1.165) is 22.5 Å². The van der Waals surface area contributed by atoms with E-state index in [9.17, 15) is 5.11 Å². The highest BCUT2D eigenvalue weighted by Crippen LogP contribution is 2.28. The minimum atomic E-state index is -0.565. The first kappa shape index (κ1) is 14.4. The number of aromatic nitrogens is 1. The molecule has 4 heteroatoms. The summed E-state index contributed by atoms with van der Waals surface area (Å²) in [4.78, 5) is 3.25. The van der Waals surface area contributed by atoms with Crippen LogP contribution in [0.5, 0.6) is 0 Å². The molecule has 0 spiro atoms. The Balaban J connectivity index is 2.22. The summed E-state index contributed by atoms with van der Waals surface area (Å²) in [5.74, 6) is 0. The minimum absolute atomic E-state index is 0.511. The normalized spacial score (nSPS) is 12.7. The molecule has 1 unspecified atom stereocenters. The number of aliphatic hydroxyl groups excluding tert-OH is 1. The molecule has 1 aromatic carbocycles. The number of hydrogen-bond acceptors (Lipinski definition) is 1. The fraction of sp³-hybridized carbons (Fsp3) is 0.333. The second-order valence-corrected chi connectivity index (χ2v) is 5.70. The third-order valence-electron chi connectivity index (χ3n) is 3.60. The summed E-state index contributed by atoms with van der Waals surface area (Å²) < 4.78 is 0. The molecule has 0 fully saturated rings. The molecule has 2 aromatic rings. The highest BCUT2D eigenvalue weighted by Gasteiger charge is 2.16. The Labute approximate surface area is 123 Å². The van der Waals surface area contributed by atoms with Crippen LogP contribution < -0.4 is 0 Å². The fourth-order valence-electron chi connectivity index (χ4n) is 2.20. The molecule has 0 aliphatic carbocycles. The van der Waals surface area contributed by atoms with Crippen molar-refractivity contribution in [2.45, 2.75) is 33.3 Å². The highest BCUT2D eigenvalue weighted by molar-refractivity contribution is 6.42. The average molecular weight is 298 g/mol. The largest absolute Gasteiger partial charge is 0.387 e. The zero-order valence-corrected chi connectivity index (χ0v) is 12.7. The summed E-state index contributed by atoms with van der Waals surface area (Å²) in [6.07, 6.45) is -0.0541. The molecule has 1 aromatic heterocycles. The Bertz CT molecular complexity index is 604. The molecule has 0 saturated carbocycles. The second-order valence-electron chi connectivity index (χ2n) is 4.88. The zero-order valence-electron chi connectivity index (χ0n) is 11.2. The molecule has 19 heavy (non-hydrogen) atoms. The van der Waals surface area contributed by atoms with Crippen molar-refractivity contribution >= 4 is 23.2 Å². The van der Waals surface area contributed by atoms with Crippen molar-refractivity contribution in [2.75, 3.05) is 0 Å². The van der Waals surface area contributed by atoms with Gasteiger partial charge in [0.05, 0.1) is 16.1 Å². The van der Waals surface area contributed by atoms with Gasteiger partial charge in [0.15, 0.2) is 0 Å². The van der Waals surface area contributed by atoms with Crippen LogP contribution in [0.1, 0.15) is 34.2 Å². The molecule has 0 aliphatic heterocycles. The minimum Gasteiger partial charge on any atom is -0.387 e. The molecule has 0 saturated heterocycles. The summed E-state index contributed by atoms with van der Waals surface area (Å²) in [7, 11) is 0. The van der Waals surface area contributed by atoms with Crippen LogP contribution in [0.25, 0.3) is 0 Å². The number of hydrogen-bond donors (Lipinski definition) is 2. The summed E-state index contributed by atoms with van der Waals surface area (Å²) in [5.41, 5.74) is 5.25. The number of nitrogens with one attached hydrogen (secondary N) is 1. The topological polar surface area (TPSA) is 36.0 Å². The molecule has 102 valence electrons. The number of aryl methyl sites for hydroxylation is 1. The molecule has 0 radical (unpaired) electrons. The Kier molecular flexibility index (Phi) is 4.24. The summed E-state index contributed by atoms with van der Waals surface area (Å²) in [6.45, 7) is 6.08. The van der Waals surface area contributed by atoms with Crippen LogP contribution in [0, 0.1) is 20.8 Å². The number of halogens is 2. The molecule has 2 rings (SSSR count). The van der Waals surface area contributed by atoms with Gasteiger partial charge in [-0.15, -0.1) is 0 Å². The maximum atomic E-state index is 10.3. The van der Waals surface area contributed by atoms with E-state index in [0.29, 0.717) is 16.5 Å². The van der Waals surface area contributed by atoms with Gasteiger partial charge in [0.25, 0.3) is 0 Å². The number of aliphatic hydroxyl groups is 1. The van der Waals surface area contributed by atoms with Crippen molar-refractivity contribution in [1.82, 2.24) is 4.98 Å². The van der Waals surface area contributed by atoms with Crippen LogP contribution >= 0.6 is 23.2 Å². The maximum absolute atomic E-state index is 10.3. The maximum Gasteiger partial charge on any atom is 0.0980 e. The van der Waals surface area contributed by atoms with E-state index in [1.54, 1.807) is 12.1 Å². The van der Waals surface area contributed by atoms with Crippen molar-refractivity contribution in [3.8, 4) is 0 Å².